The second kappa shape index (κ2) is 9.58. The van der Waals surface area contributed by atoms with Crippen molar-refractivity contribution in [1.82, 2.24) is 19.9 Å². The largest absolute Gasteiger partial charge is 0.361 e. The van der Waals surface area contributed by atoms with Gasteiger partial charge in [0.2, 0.25) is 10.0 Å². The molecule has 1 saturated heterocycles. The minimum absolute atomic E-state index is 0.191. The fraction of sp³-hybridized carbons (Fsp3) is 0.550. The number of H-pyrrole nitrogens is 1. The van der Waals surface area contributed by atoms with Gasteiger partial charge in [0.05, 0.1) is 5.75 Å². The van der Waals surface area contributed by atoms with Crippen LogP contribution in [-0.2, 0) is 16.4 Å². The molecular weight excluding hydrogens is 393 g/mol. The number of rotatable bonds is 7. The van der Waals surface area contributed by atoms with Gasteiger partial charge in [-0.15, -0.1) is 0 Å². The highest BCUT2D eigenvalue weighted by atomic mass is 32.2. The van der Waals surface area contributed by atoms with Gasteiger partial charge in [-0.05, 0) is 49.4 Å². The highest BCUT2D eigenvalue weighted by molar-refractivity contribution is 7.89. The maximum atomic E-state index is 13.5. The summed E-state index contributed by atoms with van der Waals surface area (Å²) in [6.07, 6.45) is 4.79. The molecule has 3 rings (SSSR count). The number of guanidine groups is 1. The zero-order chi connectivity index (χ0) is 20.9. The summed E-state index contributed by atoms with van der Waals surface area (Å²) < 4.78 is 39.5. The number of nitrogens with one attached hydrogen (secondary N) is 3. The summed E-state index contributed by atoms with van der Waals surface area (Å²) in [5.41, 5.74) is 1.98. The number of hydrogen-bond donors (Lipinski definition) is 3. The Balaban J connectivity index is 1.47. The van der Waals surface area contributed by atoms with Gasteiger partial charge in [-0.1, -0.05) is 6.92 Å². The van der Waals surface area contributed by atoms with Gasteiger partial charge in [0.1, 0.15) is 5.82 Å². The van der Waals surface area contributed by atoms with Crippen molar-refractivity contribution in [3.8, 4) is 0 Å². The van der Waals surface area contributed by atoms with E-state index >= 15 is 0 Å². The van der Waals surface area contributed by atoms with Gasteiger partial charge >= 0.3 is 0 Å². The highest BCUT2D eigenvalue weighted by Crippen LogP contribution is 2.19. The van der Waals surface area contributed by atoms with E-state index in [1.807, 2.05) is 13.1 Å². The molecule has 0 amide bonds. The lowest BCUT2D eigenvalue weighted by atomic mass is 10.1. The van der Waals surface area contributed by atoms with Crippen molar-refractivity contribution in [2.24, 2.45) is 4.99 Å². The number of piperidine rings is 1. The van der Waals surface area contributed by atoms with Crippen LogP contribution in [0.3, 0.4) is 0 Å². The summed E-state index contributed by atoms with van der Waals surface area (Å²) in [4.78, 5) is 7.43. The van der Waals surface area contributed by atoms with E-state index < -0.39 is 10.0 Å². The van der Waals surface area contributed by atoms with Crippen LogP contribution in [0.4, 0.5) is 4.39 Å². The van der Waals surface area contributed by atoms with Crippen molar-refractivity contribution in [2.45, 2.75) is 38.6 Å². The number of aromatic amines is 1. The third kappa shape index (κ3) is 5.48. The normalized spacial score (nSPS) is 17.0. The molecule has 0 radical (unpaired) electrons. The summed E-state index contributed by atoms with van der Waals surface area (Å²) in [7, 11) is -1.40. The molecular formula is C20H30FN5O2S. The van der Waals surface area contributed by atoms with Gasteiger partial charge in [0.25, 0.3) is 0 Å². The Morgan fingerprint density at radius 2 is 2.10 bits per heavy atom. The molecule has 1 aliphatic rings. The van der Waals surface area contributed by atoms with Crippen molar-refractivity contribution in [3.63, 3.8) is 0 Å². The molecule has 3 N–H and O–H groups in total. The molecule has 0 unspecified atom stereocenters. The van der Waals surface area contributed by atoms with Crippen LogP contribution in [0.2, 0.25) is 0 Å². The molecule has 1 aliphatic heterocycles. The molecule has 0 spiro atoms. The Morgan fingerprint density at radius 1 is 1.34 bits per heavy atom. The van der Waals surface area contributed by atoms with Crippen LogP contribution in [0.1, 0.15) is 31.7 Å². The van der Waals surface area contributed by atoms with Crippen LogP contribution >= 0.6 is 0 Å². The van der Waals surface area contributed by atoms with Crippen LogP contribution in [0.5, 0.6) is 0 Å². The number of halogens is 1. The predicted octanol–water partition coefficient (Wildman–Crippen LogP) is 2.22. The number of fused-ring (bicyclic) bond motifs is 1. The van der Waals surface area contributed by atoms with E-state index in [9.17, 15) is 12.8 Å². The zero-order valence-corrected chi connectivity index (χ0v) is 17.9. The van der Waals surface area contributed by atoms with Crippen molar-refractivity contribution in [3.05, 3.63) is 35.8 Å². The predicted molar refractivity (Wildman–Crippen MR) is 115 cm³/mol. The molecule has 2 heterocycles. The van der Waals surface area contributed by atoms with E-state index in [0.717, 1.165) is 35.7 Å². The van der Waals surface area contributed by atoms with Crippen LogP contribution < -0.4 is 10.6 Å². The smallest absolute Gasteiger partial charge is 0.214 e. The van der Waals surface area contributed by atoms with Crippen molar-refractivity contribution < 1.29 is 12.8 Å². The zero-order valence-electron chi connectivity index (χ0n) is 17.0. The Hall–Kier alpha value is -2.13. The van der Waals surface area contributed by atoms with Gasteiger partial charge in [-0.2, -0.15) is 0 Å². The van der Waals surface area contributed by atoms with E-state index in [1.165, 1.54) is 6.07 Å². The van der Waals surface area contributed by atoms with Crippen LogP contribution in [0, 0.1) is 5.82 Å². The van der Waals surface area contributed by atoms with E-state index in [1.54, 1.807) is 23.5 Å². The molecule has 0 saturated carbocycles. The third-order valence-corrected chi connectivity index (χ3v) is 7.37. The Morgan fingerprint density at radius 3 is 2.79 bits per heavy atom. The molecule has 1 aromatic carbocycles. The average Bonchev–Trinajstić information content (AvgIpc) is 3.09. The van der Waals surface area contributed by atoms with Gasteiger partial charge in [-0.25, -0.2) is 17.1 Å². The number of benzene rings is 1. The molecule has 160 valence electrons. The van der Waals surface area contributed by atoms with Crippen LogP contribution in [0.25, 0.3) is 10.9 Å². The van der Waals surface area contributed by atoms with Crippen molar-refractivity contribution in [2.75, 3.05) is 32.4 Å². The summed E-state index contributed by atoms with van der Waals surface area (Å²) in [5.74, 6) is 0.674. The first kappa shape index (κ1) is 21.6. The summed E-state index contributed by atoms with van der Waals surface area (Å²) in [6.45, 7) is 3.62. The quantitative estimate of drug-likeness (QED) is 0.471. The van der Waals surface area contributed by atoms with Crippen LogP contribution in [-0.4, -0.2) is 62.1 Å². The lowest BCUT2D eigenvalue weighted by Gasteiger charge is -2.32. The lowest BCUT2D eigenvalue weighted by Crippen LogP contribution is -2.50. The molecule has 0 atom stereocenters. The fourth-order valence-electron chi connectivity index (χ4n) is 3.73. The Bertz CT molecular complexity index is 949. The second-order valence-corrected chi connectivity index (χ2v) is 9.47. The molecule has 0 aliphatic carbocycles. The molecule has 1 aromatic heterocycles. The maximum absolute atomic E-state index is 13.5. The molecule has 0 bridgehead atoms. The lowest BCUT2D eigenvalue weighted by molar-refractivity contribution is 0.306. The minimum Gasteiger partial charge on any atom is -0.361 e. The molecule has 2 aromatic rings. The highest BCUT2D eigenvalue weighted by Gasteiger charge is 2.27. The first-order chi connectivity index (χ1) is 13.9. The molecule has 7 nitrogen and oxygen atoms in total. The maximum Gasteiger partial charge on any atom is 0.214 e. The number of nitrogens with zero attached hydrogens (tertiary/aromatic N) is 2. The first-order valence-electron chi connectivity index (χ1n) is 10.1. The number of aliphatic imine (C=N–C) groups is 1. The monoisotopic (exact) mass is 423 g/mol. The van der Waals surface area contributed by atoms with E-state index in [-0.39, 0.29) is 17.6 Å². The first-order valence-corrected chi connectivity index (χ1v) is 11.7. The van der Waals surface area contributed by atoms with E-state index in [4.69, 9.17) is 0 Å². The standard InChI is InChI=1S/C20H30FN5O2S/c1-3-12-29(27,28)26-10-7-17(8-11-26)25-20(22-2)23-9-6-15-14-24-19-5-4-16(21)13-18(15)19/h4-5,13-14,17,24H,3,6-12H2,1-2H3,(H2,22,23,25). The topological polar surface area (TPSA) is 89.6 Å². The molecule has 1 fully saturated rings. The Labute approximate surface area is 171 Å². The second-order valence-electron chi connectivity index (χ2n) is 7.39. The molecule has 29 heavy (non-hydrogen) atoms. The number of sulfonamides is 1. The van der Waals surface area contributed by atoms with Crippen LogP contribution in [0.15, 0.2) is 29.4 Å². The van der Waals surface area contributed by atoms with E-state index in [0.29, 0.717) is 32.0 Å². The van der Waals surface area contributed by atoms with E-state index in [2.05, 4.69) is 20.6 Å². The third-order valence-electron chi connectivity index (χ3n) is 5.29. The fourth-order valence-corrected chi connectivity index (χ4v) is 5.27. The van der Waals surface area contributed by atoms with Crippen molar-refractivity contribution in [1.29, 1.82) is 0 Å². The molecule has 9 heteroatoms. The Kier molecular flexibility index (Phi) is 7.13. The minimum atomic E-state index is -3.12. The van der Waals surface area contributed by atoms with Gasteiger partial charge in [0, 0.05) is 49.8 Å². The van der Waals surface area contributed by atoms with Gasteiger partial charge in [-0.3, -0.25) is 4.99 Å². The summed E-state index contributed by atoms with van der Waals surface area (Å²) in [6, 6.07) is 4.94. The SMILES string of the molecule is CCCS(=O)(=O)N1CCC(NC(=NC)NCCc2c[nH]c3ccc(F)cc23)CC1. The summed E-state index contributed by atoms with van der Waals surface area (Å²) >= 11 is 0. The van der Waals surface area contributed by atoms with Gasteiger partial charge < -0.3 is 15.6 Å². The van der Waals surface area contributed by atoms with Crippen molar-refractivity contribution >= 4 is 26.9 Å². The number of aromatic nitrogens is 1. The average molecular weight is 424 g/mol. The number of hydrogen-bond acceptors (Lipinski definition) is 3. The van der Waals surface area contributed by atoms with Gasteiger partial charge in [0.15, 0.2) is 5.96 Å². The summed E-state index contributed by atoms with van der Waals surface area (Å²) in [5, 5.41) is 7.58.